The molecule has 1 aromatic carbocycles. The van der Waals surface area contributed by atoms with Crippen molar-refractivity contribution in [2.24, 2.45) is 7.05 Å². The molecule has 0 bridgehead atoms. The summed E-state index contributed by atoms with van der Waals surface area (Å²) in [7, 11) is 1.84. The molecule has 4 nitrogen and oxygen atoms in total. The van der Waals surface area contributed by atoms with Crippen LogP contribution in [0.5, 0.6) is 5.75 Å². The predicted molar refractivity (Wildman–Crippen MR) is 52.8 cm³/mol. The first-order valence-corrected chi connectivity index (χ1v) is 4.33. The van der Waals surface area contributed by atoms with E-state index >= 15 is 0 Å². The van der Waals surface area contributed by atoms with Crippen molar-refractivity contribution in [3.05, 3.63) is 30.0 Å². The lowest BCUT2D eigenvalue weighted by molar-refractivity contribution is 0.471. The van der Waals surface area contributed by atoms with Gasteiger partial charge in [0, 0.05) is 12.6 Å². The van der Waals surface area contributed by atoms with Crippen LogP contribution >= 0.6 is 0 Å². The van der Waals surface area contributed by atoms with Gasteiger partial charge in [0.1, 0.15) is 5.75 Å². The minimum Gasteiger partial charge on any atom is -0.508 e. The molecular weight excluding hydrogens is 178 g/mol. The topological polar surface area (TPSA) is 50.9 Å². The smallest absolute Gasteiger partial charge is 0.118 e. The van der Waals surface area contributed by atoms with Gasteiger partial charge in [0.15, 0.2) is 0 Å². The quantitative estimate of drug-likeness (QED) is 0.739. The van der Waals surface area contributed by atoms with Crippen LogP contribution in [0.15, 0.2) is 24.4 Å². The Labute approximate surface area is 81.8 Å². The standard InChI is InChI=1S/C10H11N3O/c1-7-5-8(3-4-10(7)14)9-6-11-12-13(9)2/h3-6,14H,1-2H3. The van der Waals surface area contributed by atoms with Crippen molar-refractivity contribution in [1.29, 1.82) is 0 Å². The van der Waals surface area contributed by atoms with E-state index in [-0.39, 0.29) is 0 Å². The Morgan fingerprint density at radius 2 is 2.14 bits per heavy atom. The minimum absolute atomic E-state index is 0.309. The van der Waals surface area contributed by atoms with Crippen molar-refractivity contribution in [2.45, 2.75) is 6.92 Å². The molecule has 0 aliphatic carbocycles. The fourth-order valence-corrected chi connectivity index (χ4v) is 1.37. The van der Waals surface area contributed by atoms with Gasteiger partial charge in [0.25, 0.3) is 0 Å². The molecule has 2 aromatic rings. The molecule has 0 saturated heterocycles. The zero-order valence-corrected chi connectivity index (χ0v) is 8.10. The number of aromatic hydroxyl groups is 1. The molecule has 0 amide bonds. The van der Waals surface area contributed by atoms with Gasteiger partial charge < -0.3 is 5.11 Å². The van der Waals surface area contributed by atoms with Crippen LogP contribution < -0.4 is 0 Å². The van der Waals surface area contributed by atoms with E-state index in [1.165, 1.54) is 0 Å². The Morgan fingerprint density at radius 3 is 2.71 bits per heavy atom. The van der Waals surface area contributed by atoms with Crippen LogP contribution in [0.25, 0.3) is 11.3 Å². The second-order valence-electron chi connectivity index (χ2n) is 3.24. The van der Waals surface area contributed by atoms with E-state index < -0.39 is 0 Å². The van der Waals surface area contributed by atoms with Gasteiger partial charge in [-0.25, -0.2) is 4.68 Å². The van der Waals surface area contributed by atoms with Gasteiger partial charge in [-0.3, -0.25) is 0 Å². The van der Waals surface area contributed by atoms with E-state index in [9.17, 15) is 5.11 Å². The Bertz CT molecular complexity index is 462. The van der Waals surface area contributed by atoms with Crippen LogP contribution in [0.1, 0.15) is 5.56 Å². The number of nitrogens with zero attached hydrogens (tertiary/aromatic N) is 3. The lowest BCUT2D eigenvalue weighted by atomic mass is 10.1. The van der Waals surface area contributed by atoms with Crippen molar-refractivity contribution >= 4 is 0 Å². The second-order valence-corrected chi connectivity index (χ2v) is 3.24. The molecule has 0 atom stereocenters. The molecular formula is C10H11N3O. The van der Waals surface area contributed by atoms with Crippen LogP contribution in [0, 0.1) is 6.92 Å². The molecule has 0 aliphatic rings. The first-order chi connectivity index (χ1) is 6.68. The van der Waals surface area contributed by atoms with Crippen molar-refractivity contribution in [3.8, 4) is 17.0 Å². The summed E-state index contributed by atoms with van der Waals surface area (Å²) in [5, 5.41) is 17.0. The largest absolute Gasteiger partial charge is 0.508 e. The summed E-state index contributed by atoms with van der Waals surface area (Å²) in [4.78, 5) is 0. The third-order valence-corrected chi connectivity index (χ3v) is 2.21. The highest BCUT2D eigenvalue weighted by Crippen LogP contribution is 2.23. The van der Waals surface area contributed by atoms with Gasteiger partial charge in [-0.2, -0.15) is 0 Å². The lowest BCUT2D eigenvalue weighted by Crippen LogP contribution is -1.93. The second kappa shape index (κ2) is 3.14. The van der Waals surface area contributed by atoms with Gasteiger partial charge >= 0.3 is 0 Å². The fourth-order valence-electron chi connectivity index (χ4n) is 1.37. The molecule has 0 saturated carbocycles. The summed E-state index contributed by atoms with van der Waals surface area (Å²) in [5.41, 5.74) is 2.80. The van der Waals surface area contributed by atoms with Gasteiger partial charge in [0.2, 0.25) is 0 Å². The monoisotopic (exact) mass is 189 g/mol. The number of rotatable bonds is 1. The maximum absolute atomic E-state index is 9.37. The molecule has 0 aliphatic heterocycles. The number of aryl methyl sites for hydroxylation is 2. The SMILES string of the molecule is Cc1cc(-c2cnnn2C)ccc1O. The third kappa shape index (κ3) is 1.35. The summed E-state index contributed by atoms with van der Waals surface area (Å²) in [6.45, 7) is 1.86. The Kier molecular flexibility index (Phi) is 1.96. The predicted octanol–water partition coefficient (Wildman–Crippen LogP) is 1.50. The van der Waals surface area contributed by atoms with Crippen molar-refractivity contribution in [3.63, 3.8) is 0 Å². The normalized spacial score (nSPS) is 10.4. The molecule has 1 heterocycles. The fraction of sp³-hybridized carbons (Fsp3) is 0.200. The average molecular weight is 189 g/mol. The van der Waals surface area contributed by atoms with Crippen LogP contribution in [-0.4, -0.2) is 20.1 Å². The summed E-state index contributed by atoms with van der Waals surface area (Å²) in [6, 6.07) is 5.44. The van der Waals surface area contributed by atoms with Crippen LogP contribution in [0.2, 0.25) is 0 Å². The van der Waals surface area contributed by atoms with Crippen LogP contribution in [0.4, 0.5) is 0 Å². The summed E-state index contributed by atoms with van der Waals surface area (Å²) >= 11 is 0. The zero-order valence-electron chi connectivity index (χ0n) is 8.10. The number of benzene rings is 1. The molecule has 2 rings (SSSR count). The molecule has 4 heteroatoms. The zero-order chi connectivity index (χ0) is 10.1. The molecule has 0 unspecified atom stereocenters. The van der Waals surface area contributed by atoms with Gasteiger partial charge in [-0.1, -0.05) is 5.21 Å². The molecule has 1 N–H and O–H groups in total. The molecule has 0 fully saturated rings. The van der Waals surface area contributed by atoms with Crippen molar-refractivity contribution < 1.29 is 5.11 Å². The third-order valence-electron chi connectivity index (χ3n) is 2.21. The Balaban J connectivity index is 2.53. The van der Waals surface area contributed by atoms with Crippen LogP contribution in [-0.2, 0) is 7.05 Å². The number of phenols is 1. The van der Waals surface area contributed by atoms with E-state index in [2.05, 4.69) is 10.3 Å². The highest BCUT2D eigenvalue weighted by atomic mass is 16.3. The van der Waals surface area contributed by atoms with E-state index in [0.717, 1.165) is 16.8 Å². The minimum atomic E-state index is 0.309. The number of hydrogen-bond acceptors (Lipinski definition) is 3. The molecule has 72 valence electrons. The number of phenolic OH excluding ortho intramolecular Hbond substituents is 1. The van der Waals surface area contributed by atoms with E-state index in [4.69, 9.17) is 0 Å². The van der Waals surface area contributed by atoms with Gasteiger partial charge in [-0.05, 0) is 30.7 Å². The van der Waals surface area contributed by atoms with E-state index in [1.54, 1.807) is 16.9 Å². The molecule has 0 radical (unpaired) electrons. The van der Waals surface area contributed by atoms with Gasteiger partial charge in [-0.15, -0.1) is 5.10 Å². The maximum atomic E-state index is 9.37. The highest BCUT2D eigenvalue weighted by molar-refractivity contribution is 5.61. The Morgan fingerprint density at radius 1 is 1.36 bits per heavy atom. The molecule has 14 heavy (non-hydrogen) atoms. The van der Waals surface area contributed by atoms with Crippen LogP contribution in [0.3, 0.4) is 0 Å². The summed E-state index contributed by atoms with van der Waals surface area (Å²) in [6.07, 6.45) is 1.70. The molecule has 1 aromatic heterocycles. The first-order valence-electron chi connectivity index (χ1n) is 4.33. The summed E-state index contributed by atoms with van der Waals surface area (Å²) < 4.78 is 1.70. The lowest BCUT2D eigenvalue weighted by Gasteiger charge is -2.03. The maximum Gasteiger partial charge on any atom is 0.118 e. The summed E-state index contributed by atoms with van der Waals surface area (Å²) in [5.74, 6) is 0.309. The number of aromatic nitrogens is 3. The van der Waals surface area contributed by atoms with Gasteiger partial charge in [0.05, 0.1) is 11.9 Å². The van der Waals surface area contributed by atoms with Crippen molar-refractivity contribution in [2.75, 3.05) is 0 Å². The average Bonchev–Trinajstić information content (AvgIpc) is 2.57. The van der Waals surface area contributed by atoms with E-state index in [1.807, 2.05) is 26.1 Å². The molecule has 0 spiro atoms. The Hall–Kier alpha value is -1.84. The highest BCUT2D eigenvalue weighted by Gasteiger charge is 2.04. The first kappa shape index (κ1) is 8.74. The van der Waals surface area contributed by atoms with Crippen molar-refractivity contribution in [1.82, 2.24) is 15.0 Å². The van der Waals surface area contributed by atoms with E-state index in [0.29, 0.717) is 5.75 Å². The number of hydrogen-bond donors (Lipinski definition) is 1.